The summed E-state index contributed by atoms with van der Waals surface area (Å²) >= 11 is 3.12. The standard InChI is InChI=1S/C17H19N3O2S2/c1-3-5-13(14-6-4-7-23-14)19-15(21)9-20-10-18-16-12(17(20)22)8-11(2)24-16/h4,6-8,10,13H,3,5,9H2,1-2H3,(H,19,21)/t13-/m1/s1. The molecule has 126 valence electrons. The van der Waals surface area contributed by atoms with Crippen LogP contribution in [0.3, 0.4) is 0 Å². The molecule has 3 rings (SSSR count). The minimum absolute atomic E-state index is 0.00159. The van der Waals surface area contributed by atoms with E-state index in [2.05, 4.69) is 17.2 Å². The predicted octanol–water partition coefficient (Wildman–Crippen LogP) is 3.49. The van der Waals surface area contributed by atoms with Gasteiger partial charge < -0.3 is 5.32 Å². The van der Waals surface area contributed by atoms with Crippen LogP contribution in [0.15, 0.2) is 34.7 Å². The van der Waals surface area contributed by atoms with Crippen molar-refractivity contribution in [1.82, 2.24) is 14.9 Å². The van der Waals surface area contributed by atoms with E-state index in [0.29, 0.717) is 5.39 Å². The maximum Gasteiger partial charge on any atom is 0.262 e. The predicted molar refractivity (Wildman–Crippen MR) is 98.7 cm³/mol. The third kappa shape index (κ3) is 3.57. The number of hydrogen-bond donors (Lipinski definition) is 1. The Bertz CT molecular complexity index is 896. The van der Waals surface area contributed by atoms with Crippen LogP contribution in [0.25, 0.3) is 10.2 Å². The molecule has 0 bridgehead atoms. The van der Waals surface area contributed by atoms with Crippen LogP contribution in [-0.4, -0.2) is 15.5 Å². The first-order chi connectivity index (χ1) is 11.6. The van der Waals surface area contributed by atoms with E-state index in [9.17, 15) is 9.59 Å². The first kappa shape index (κ1) is 16.9. The molecule has 0 aliphatic rings. The number of carbonyl (C=O) groups is 1. The Morgan fingerprint density at radius 2 is 2.29 bits per heavy atom. The lowest BCUT2D eigenvalue weighted by atomic mass is 10.1. The molecule has 0 aliphatic carbocycles. The molecule has 24 heavy (non-hydrogen) atoms. The third-order valence-corrected chi connectivity index (χ3v) is 5.70. The maximum atomic E-state index is 12.5. The molecule has 0 radical (unpaired) electrons. The maximum absolute atomic E-state index is 12.5. The Morgan fingerprint density at radius 1 is 1.46 bits per heavy atom. The van der Waals surface area contributed by atoms with Crippen molar-refractivity contribution in [3.8, 4) is 0 Å². The van der Waals surface area contributed by atoms with Crippen molar-refractivity contribution in [3.63, 3.8) is 0 Å². The normalized spacial score (nSPS) is 12.4. The first-order valence-corrected chi connectivity index (χ1v) is 9.56. The number of nitrogens with zero attached hydrogens (tertiary/aromatic N) is 2. The first-order valence-electron chi connectivity index (χ1n) is 7.87. The lowest BCUT2D eigenvalue weighted by Crippen LogP contribution is -2.34. The molecular weight excluding hydrogens is 342 g/mol. The van der Waals surface area contributed by atoms with Crippen LogP contribution < -0.4 is 10.9 Å². The lowest BCUT2D eigenvalue weighted by molar-refractivity contribution is -0.122. The molecule has 5 nitrogen and oxygen atoms in total. The average molecular weight is 361 g/mol. The highest BCUT2D eigenvalue weighted by atomic mass is 32.1. The van der Waals surface area contributed by atoms with Gasteiger partial charge in [0, 0.05) is 9.75 Å². The summed E-state index contributed by atoms with van der Waals surface area (Å²) in [5.41, 5.74) is -0.164. The molecule has 3 aromatic rings. The zero-order valence-corrected chi connectivity index (χ0v) is 15.2. The van der Waals surface area contributed by atoms with E-state index in [-0.39, 0.29) is 24.1 Å². The summed E-state index contributed by atoms with van der Waals surface area (Å²) in [7, 11) is 0. The quantitative estimate of drug-likeness (QED) is 0.731. The van der Waals surface area contributed by atoms with Gasteiger partial charge in [-0.15, -0.1) is 22.7 Å². The van der Waals surface area contributed by atoms with Gasteiger partial charge in [-0.2, -0.15) is 0 Å². The second-order valence-electron chi connectivity index (χ2n) is 5.68. The highest BCUT2D eigenvalue weighted by molar-refractivity contribution is 7.18. The number of aryl methyl sites for hydroxylation is 1. The van der Waals surface area contributed by atoms with Crippen molar-refractivity contribution in [2.24, 2.45) is 0 Å². The van der Waals surface area contributed by atoms with Gasteiger partial charge in [-0.3, -0.25) is 14.2 Å². The zero-order chi connectivity index (χ0) is 17.1. The summed E-state index contributed by atoms with van der Waals surface area (Å²) in [6, 6.07) is 5.84. The number of nitrogens with one attached hydrogen (secondary N) is 1. The summed E-state index contributed by atoms with van der Waals surface area (Å²) in [4.78, 5) is 32.0. The molecule has 0 aliphatic heterocycles. The summed E-state index contributed by atoms with van der Waals surface area (Å²) < 4.78 is 1.38. The fourth-order valence-corrected chi connectivity index (χ4v) is 4.30. The average Bonchev–Trinajstić information content (AvgIpc) is 3.19. The number of hydrogen-bond acceptors (Lipinski definition) is 5. The molecule has 0 saturated heterocycles. The summed E-state index contributed by atoms with van der Waals surface area (Å²) in [6.45, 7) is 4.02. The van der Waals surface area contributed by atoms with Crippen molar-refractivity contribution in [1.29, 1.82) is 0 Å². The Balaban J connectivity index is 1.76. The molecule has 0 spiro atoms. The minimum atomic E-state index is -0.169. The van der Waals surface area contributed by atoms with Gasteiger partial charge in [-0.25, -0.2) is 4.98 Å². The molecule has 1 atom stereocenters. The molecule has 0 aromatic carbocycles. The molecular formula is C17H19N3O2S2. The molecule has 0 saturated carbocycles. The molecule has 7 heteroatoms. The monoisotopic (exact) mass is 361 g/mol. The van der Waals surface area contributed by atoms with E-state index >= 15 is 0 Å². The lowest BCUT2D eigenvalue weighted by Gasteiger charge is -2.17. The number of aromatic nitrogens is 2. The van der Waals surface area contributed by atoms with E-state index in [1.165, 1.54) is 22.2 Å². The van der Waals surface area contributed by atoms with Crippen molar-refractivity contribution >= 4 is 38.8 Å². The van der Waals surface area contributed by atoms with E-state index in [4.69, 9.17) is 0 Å². The van der Waals surface area contributed by atoms with Gasteiger partial charge >= 0.3 is 0 Å². The molecule has 1 N–H and O–H groups in total. The molecule has 0 fully saturated rings. The third-order valence-electron chi connectivity index (χ3n) is 3.75. The Hall–Kier alpha value is -1.99. The van der Waals surface area contributed by atoms with Gasteiger partial charge in [0.05, 0.1) is 17.8 Å². The Morgan fingerprint density at radius 3 is 3.00 bits per heavy atom. The van der Waals surface area contributed by atoms with E-state index in [1.807, 2.05) is 30.5 Å². The fourth-order valence-electron chi connectivity index (χ4n) is 2.65. The molecule has 3 aromatic heterocycles. The van der Waals surface area contributed by atoms with Crippen LogP contribution in [0.5, 0.6) is 0 Å². The number of carbonyl (C=O) groups excluding carboxylic acids is 1. The summed E-state index contributed by atoms with van der Waals surface area (Å²) in [5.74, 6) is -0.169. The largest absolute Gasteiger partial charge is 0.347 e. The smallest absolute Gasteiger partial charge is 0.262 e. The van der Waals surface area contributed by atoms with Crippen molar-refractivity contribution in [2.75, 3.05) is 0 Å². The van der Waals surface area contributed by atoms with Crippen molar-refractivity contribution in [2.45, 2.75) is 39.3 Å². The number of amides is 1. The number of fused-ring (bicyclic) bond motifs is 1. The van der Waals surface area contributed by atoms with Gasteiger partial charge in [-0.05, 0) is 30.9 Å². The SMILES string of the molecule is CCC[C@@H](NC(=O)Cn1cnc2sc(C)cc2c1=O)c1cccs1. The zero-order valence-electron chi connectivity index (χ0n) is 13.6. The number of thiophene rings is 2. The summed E-state index contributed by atoms with van der Waals surface area (Å²) in [6.07, 6.45) is 3.31. The topological polar surface area (TPSA) is 64.0 Å². The minimum Gasteiger partial charge on any atom is -0.347 e. The Kier molecular flexibility index (Phi) is 5.11. The molecule has 1 amide bonds. The van der Waals surface area contributed by atoms with Crippen LogP contribution in [0.4, 0.5) is 0 Å². The van der Waals surface area contributed by atoms with Crippen LogP contribution in [0.1, 0.15) is 35.6 Å². The molecule has 0 unspecified atom stereocenters. The highest BCUT2D eigenvalue weighted by Crippen LogP contribution is 2.23. The second-order valence-corrected chi connectivity index (χ2v) is 7.89. The van der Waals surface area contributed by atoms with Gasteiger partial charge in [0.1, 0.15) is 11.4 Å². The van der Waals surface area contributed by atoms with Crippen LogP contribution >= 0.6 is 22.7 Å². The van der Waals surface area contributed by atoms with Crippen molar-refractivity contribution in [3.05, 3.63) is 50.0 Å². The van der Waals surface area contributed by atoms with Crippen molar-refractivity contribution < 1.29 is 4.79 Å². The van der Waals surface area contributed by atoms with E-state index in [1.54, 1.807) is 11.3 Å². The van der Waals surface area contributed by atoms with Gasteiger partial charge in [-0.1, -0.05) is 19.4 Å². The number of rotatable bonds is 6. The van der Waals surface area contributed by atoms with Crippen LogP contribution in [0.2, 0.25) is 0 Å². The molecule has 3 heterocycles. The van der Waals surface area contributed by atoms with E-state index < -0.39 is 0 Å². The van der Waals surface area contributed by atoms with Crippen LogP contribution in [-0.2, 0) is 11.3 Å². The highest BCUT2D eigenvalue weighted by Gasteiger charge is 2.16. The van der Waals surface area contributed by atoms with Gasteiger partial charge in [0.25, 0.3) is 5.56 Å². The second kappa shape index (κ2) is 7.27. The van der Waals surface area contributed by atoms with Gasteiger partial charge in [0.15, 0.2) is 0 Å². The van der Waals surface area contributed by atoms with Gasteiger partial charge in [0.2, 0.25) is 5.91 Å². The Labute approximate surface area is 148 Å². The fraction of sp³-hybridized carbons (Fsp3) is 0.353. The van der Waals surface area contributed by atoms with E-state index in [0.717, 1.165) is 27.4 Å². The summed E-state index contributed by atoms with van der Waals surface area (Å²) in [5, 5.41) is 5.62. The van der Waals surface area contributed by atoms with Crippen LogP contribution in [0, 0.1) is 6.92 Å².